The maximum Gasteiger partial charge on any atom is 0.311 e. The molecule has 7 heteroatoms. The SMILES string of the molecule is CC[C@H]([C@H](C(=O)O)C(F)Cc1ccc(F)cc1)N(C=O)OCc1ccccc1. The fourth-order valence-corrected chi connectivity index (χ4v) is 3.05. The number of benzene rings is 2. The number of carboxylic acids is 1. The van der Waals surface area contributed by atoms with E-state index < -0.39 is 29.9 Å². The fraction of sp³-hybridized carbons (Fsp3) is 0.333. The van der Waals surface area contributed by atoms with Gasteiger partial charge < -0.3 is 5.11 Å². The van der Waals surface area contributed by atoms with Crippen LogP contribution in [0.15, 0.2) is 54.6 Å². The summed E-state index contributed by atoms with van der Waals surface area (Å²) in [5.74, 6) is -3.31. The molecule has 0 saturated carbocycles. The van der Waals surface area contributed by atoms with Crippen LogP contribution in [0.25, 0.3) is 0 Å². The Balaban J connectivity index is 2.13. The molecule has 2 rings (SSSR count). The van der Waals surface area contributed by atoms with Crippen molar-refractivity contribution in [1.82, 2.24) is 5.06 Å². The van der Waals surface area contributed by atoms with Crippen LogP contribution in [0, 0.1) is 11.7 Å². The third-order valence-corrected chi connectivity index (χ3v) is 4.51. The van der Waals surface area contributed by atoms with Crippen LogP contribution in [0.3, 0.4) is 0 Å². The molecule has 0 aliphatic rings. The standard InChI is InChI=1S/C21H23F2NO4/c1-2-19(24(14-25)28-13-16-6-4-3-5-7-16)20(21(26)27)18(23)12-15-8-10-17(22)11-9-15/h3-11,14,18-20H,2,12-13H2,1H3,(H,26,27)/t18?,19-,20-/m1/s1. The average molecular weight is 391 g/mol. The van der Waals surface area contributed by atoms with Crippen molar-refractivity contribution in [3.05, 3.63) is 71.5 Å². The summed E-state index contributed by atoms with van der Waals surface area (Å²) in [6, 6.07) is 13.2. The van der Waals surface area contributed by atoms with Gasteiger partial charge in [0, 0.05) is 6.42 Å². The van der Waals surface area contributed by atoms with E-state index in [1.165, 1.54) is 24.3 Å². The summed E-state index contributed by atoms with van der Waals surface area (Å²) >= 11 is 0. The third-order valence-electron chi connectivity index (χ3n) is 4.51. The molecule has 1 unspecified atom stereocenters. The van der Waals surface area contributed by atoms with Crippen LogP contribution in [-0.4, -0.2) is 34.8 Å². The maximum absolute atomic E-state index is 14.9. The lowest BCUT2D eigenvalue weighted by atomic mass is 9.89. The van der Waals surface area contributed by atoms with Crippen LogP contribution in [0.1, 0.15) is 24.5 Å². The van der Waals surface area contributed by atoms with E-state index in [9.17, 15) is 23.5 Å². The minimum absolute atomic E-state index is 0.0529. The number of hydroxylamine groups is 2. The van der Waals surface area contributed by atoms with Crippen molar-refractivity contribution in [3.8, 4) is 0 Å². The average Bonchev–Trinajstić information content (AvgIpc) is 2.69. The minimum atomic E-state index is -1.78. The molecule has 2 aromatic rings. The summed E-state index contributed by atoms with van der Waals surface area (Å²) in [6.07, 6.45) is -1.43. The van der Waals surface area contributed by atoms with Gasteiger partial charge in [-0.1, -0.05) is 49.4 Å². The van der Waals surface area contributed by atoms with Crippen LogP contribution < -0.4 is 0 Å². The van der Waals surface area contributed by atoms with Crippen LogP contribution in [0.2, 0.25) is 0 Å². The van der Waals surface area contributed by atoms with E-state index in [0.717, 1.165) is 10.6 Å². The number of amides is 1. The fourth-order valence-electron chi connectivity index (χ4n) is 3.05. The Kier molecular flexibility index (Phi) is 8.07. The van der Waals surface area contributed by atoms with E-state index >= 15 is 0 Å². The van der Waals surface area contributed by atoms with Gasteiger partial charge in [-0.3, -0.25) is 14.4 Å². The number of carbonyl (C=O) groups is 2. The predicted molar refractivity (Wildman–Crippen MR) is 99.3 cm³/mol. The van der Waals surface area contributed by atoms with Crippen LogP contribution in [-0.2, 0) is 27.5 Å². The molecule has 0 aliphatic carbocycles. The maximum atomic E-state index is 14.9. The third kappa shape index (κ3) is 5.85. The van der Waals surface area contributed by atoms with E-state index in [-0.39, 0.29) is 19.4 Å². The molecular weight excluding hydrogens is 368 g/mol. The van der Waals surface area contributed by atoms with Gasteiger partial charge in [-0.15, -0.1) is 0 Å². The number of nitrogens with zero attached hydrogens (tertiary/aromatic N) is 1. The first-order valence-corrected chi connectivity index (χ1v) is 8.98. The Morgan fingerprint density at radius 2 is 1.79 bits per heavy atom. The van der Waals surface area contributed by atoms with Gasteiger partial charge in [0.2, 0.25) is 6.41 Å². The van der Waals surface area contributed by atoms with E-state index in [0.29, 0.717) is 12.0 Å². The summed E-state index contributed by atoms with van der Waals surface area (Å²) in [6.45, 7) is 1.71. The quantitative estimate of drug-likeness (QED) is 0.468. The zero-order valence-electron chi connectivity index (χ0n) is 15.5. The Bertz CT molecular complexity index is 755. The van der Waals surface area contributed by atoms with E-state index in [1.54, 1.807) is 19.1 Å². The van der Waals surface area contributed by atoms with Gasteiger partial charge >= 0.3 is 5.97 Å². The number of hydrogen-bond donors (Lipinski definition) is 1. The van der Waals surface area contributed by atoms with Crippen LogP contribution in [0.5, 0.6) is 0 Å². The molecule has 5 nitrogen and oxygen atoms in total. The topological polar surface area (TPSA) is 66.8 Å². The first-order chi connectivity index (χ1) is 13.5. The molecule has 1 N–H and O–H groups in total. The van der Waals surface area contributed by atoms with Crippen LogP contribution in [0.4, 0.5) is 8.78 Å². The number of carbonyl (C=O) groups excluding carboxylic acids is 1. The second kappa shape index (κ2) is 10.5. The van der Waals surface area contributed by atoms with Crippen molar-refractivity contribution in [2.75, 3.05) is 0 Å². The Morgan fingerprint density at radius 1 is 1.14 bits per heavy atom. The summed E-state index contributed by atoms with van der Waals surface area (Å²) in [7, 11) is 0. The molecular formula is C21H23F2NO4. The highest BCUT2D eigenvalue weighted by Crippen LogP contribution is 2.24. The second-order valence-corrected chi connectivity index (χ2v) is 6.41. The molecule has 3 atom stereocenters. The lowest BCUT2D eigenvalue weighted by Crippen LogP contribution is -2.47. The molecule has 0 saturated heterocycles. The minimum Gasteiger partial charge on any atom is -0.481 e. The zero-order chi connectivity index (χ0) is 20.5. The Labute approximate surface area is 162 Å². The van der Waals surface area contributed by atoms with Gasteiger partial charge in [-0.2, -0.15) is 0 Å². The van der Waals surface area contributed by atoms with E-state index in [1.807, 2.05) is 18.2 Å². The molecule has 150 valence electrons. The first-order valence-electron chi connectivity index (χ1n) is 8.98. The van der Waals surface area contributed by atoms with Gasteiger partial charge in [0.05, 0.1) is 6.04 Å². The predicted octanol–water partition coefficient (Wildman–Crippen LogP) is 3.78. The number of aliphatic carboxylic acids is 1. The van der Waals surface area contributed by atoms with Crippen molar-refractivity contribution in [1.29, 1.82) is 0 Å². The van der Waals surface area contributed by atoms with Crippen molar-refractivity contribution in [3.63, 3.8) is 0 Å². The number of alkyl halides is 1. The van der Waals surface area contributed by atoms with Crippen LogP contribution >= 0.6 is 0 Å². The van der Waals surface area contributed by atoms with Gasteiger partial charge in [0.25, 0.3) is 0 Å². The molecule has 0 aromatic heterocycles. The molecule has 2 aromatic carbocycles. The number of rotatable bonds is 11. The second-order valence-electron chi connectivity index (χ2n) is 6.41. The van der Waals surface area contributed by atoms with Gasteiger partial charge in [0.15, 0.2) is 0 Å². The lowest BCUT2D eigenvalue weighted by molar-refractivity contribution is -0.205. The molecule has 0 aliphatic heterocycles. The molecule has 0 heterocycles. The molecule has 1 amide bonds. The Hall–Kier alpha value is -2.80. The number of hydrogen-bond acceptors (Lipinski definition) is 3. The number of halogens is 2. The summed E-state index contributed by atoms with van der Waals surface area (Å²) in [5, 5.41) is 10.5. The summed E-state index contributed by atoms with van der Waals surface area (Å²) in [5.41, 5.74) is 1.26. The summed E-state index contributed by atoms with van der Waals surface area (Å²) in [4.78, 5) is 28.8. The smallest absolute Gasteiger partial charge is 0.311 e. The highest BCUT2D eigenvalue weighted by atomic mass is 19.1. The van der Waals surface area contributed by atoms with Gasteiger partial charge in [-0.05, 0) is 29.7 Å². The van der Waals surface area contributed by atoms with Crippen molar-refractivity contribution < 1.29 is 28.3 Å². The highest BCUT2D eigenvalue weighted by Gasteiger charge is 2.39. The summed E-state index contributed by atoms with van der Waals surface area (Å²) < 4.78 is 27.9. The molecule has 0 radical (unpaired) electrons. The van der Waals surface area contributed by atoms with E-state index in [2.05, 4.69) is 0 Å². The monoisotopic (exact) mass is 391 g/mol. The van der Waals surface area contributed by atoms with E-state index in [4.69, 9.17) is 4.84 Å². The van der Waals surface area contributed by atoms with Crippen molar-refractivity contribution >= 4 is 12.4 Å². The largest absolute Gasteiger partial charge is 0.481 e. The van der Waals surface area contributed by atoms with Crippen molar-refractivity contribution in [2.45, 2.75) is 38.6 Å². The lowest BCUT2D eigenvalue weighted by Gasteiger charge is -2.32. The molecule has 0 fully saturated rings. The molecule has 0 bridgehead atoms. The van der Waals surface area contributed by atoms with Gasteiger partial charge in [-0.25, -0.2) is 13.8 Å². The molecule has 0 spiro atoms. The number of carboxylic acid groups (broad SMARTS) is 1. The highest BCUT2D eigenvalue weighted by molar-refractivity contribution is 5.72. The van der Waals surface area contributed by atoms with Crippen molar-refractivity contribution in [2.24, 2.45) is 5.92 Å². The van der Waals surface area contributed by atoms with Gasteiger partial charge in [0.1, 0.15) is 24.5 Å². The normalized spacial score (nSPS) is 14.1. The Morgan fingerprint density at radius 3 is 2.32 bits per heavy atom. The molecule has 28 heavy (non-hydrogen) atoms. The zero-order valence-corrected chi connectivity index (χ0v) is 15.5. The first kappa shape index (κ1) is 21.5.